The first-order valence-electron chi connectivity index (χ1n) is 5.68. The van der Waals surface area contributed by atoms with Gasteiger partial charge in [0.2, 0.25) is 0 Å². The number of allylic oxidation sites excluding steroid dienone is 1. The minimum absolute atomic E-state index is 0.175. The van der Waals surface area contributed by atoms with Crippen molar-refractivity contribution in [3.8, 4) is 0 Å². The van der Waals surface area contributed by atoms with Crippen LogP contribution in [0.4, 0.5) is 0 Å². The third-order valence-corrected chi connectivity index (χ3v) is 3.69. The van der Waals surface area contributed by atoms with Crippen molar-refractivity contribution in [3.63, 3.8) is 0 Å². The summed E-state index contributed by atoms with van der Waals surface area (Å²) in [4.78, 5) is 33.8. The number of ketones is 2. The molecule has 0 heterocycles. The van der Waals surface area contributed by atoms with E-state index < -0.39 is 16.6 Å². The Morgan fingerprint density at radius 2 is 1.89 bits per heavy atom. The number of carbonyl (C=O) groups is 3. The lowest BCUT2D eigenvalue weighted by Gasteiger charge is -2.30. The zero-order valence-electron chi connectivity index (χ0n) is 10.1. The summed E-state index contributed by atoms with van der Waals surface area (Å²) in [6.07, 6.45) is 0.921. The maximum atomic E-state index is 12.4. The number of Topliss-reactive ketones (excluding diaryl/α,β-unsaturated/α-hetero) is 2. The van der Waals surface area contributed by atoms with Gasteiger partial charge in [0, 0.05) is 17.5 Å². The molecule has 1 atom stereocenters. The average Bonchev–Trinajstić information content (AvgIpc) is 2.36. The largest absolute Gasteiger partial charge is 0.478 e. The zero-order valence-corrected chi connectivity index (χ0v) is 10.9. The van der Waals surface area contributed by atoms with Crippen molar-refractivity contribution in [2.24, 2.45) is 0 Å². The number of fused-ring (bicyclic) bond motifs is 1. The van der Waals surface area contributed by atoms with Crippen molar-refractivity contribution in [2.75, 3.05) is 0 Å². The van der Waals surface area contributed by atoms with Crippen LogP contribution < -0.4 is 0 Å². The smallest absolute Gasteiger partial charge is 0.333 e. The number of aliphatic carboxylic acids is 1. The van der Waals surface area contributed by atoms with E-state index in [1.54, 1.807) is 18.2 Å². The summed E-state index contributed by atoms with van der Waals surface area (Å²) in [6.45, 7) is 1.48. The SMILES string of the molecule is C/C=C(/C(=O)O)C1(Cl)CC(=O)c2ccccc2C1=O. The zero-order chi connectivity index (χ0) is 14.2. The van der Waals surface area contributed by atoms with Gasteiger partial charge in [0.15, 0.2) is 11.6 Å². The van der Waals surface area contributed by atoms with Gasteiger partial charge in [0.1, 0.15) is 4.87 Å². The summed E-state index contributed by atoms with van der Waals surface area (Å²) in [5.41, 5.74) is 0.209. The summed E-state index contributed by atoms with van der Waals surface area (Å²) < 4.78 is 0. The topological polar surface area (TPSA) is 71.4 Å². The second-order valence-corrected chi connectivity index (χ2v) is 4.93. The maximum absolute atomic E-state index is 12.4. The Balaban J connectivity index is 2.62. The predicted molar refractivity (Wildman–Crippen MR) is 69.7 cm³/mol. The molecule has 1 N–H and O–H groups in total. The average molecular weight is 279 g/mol. The fourth-order valence-electron chi connectivity index (χ4n) is 2.27. The second-order valence-electron chi connectivity index (χ2n) is 4.28. The van der Waals surface area contributed by atoms with Crippen molar-refractivity contribution < 1.29 is 19.5 Å². The van der Waals surface area contributed by atoms with Crippen LogP contribution in [0, 0.1) is 0 Å². The van der Waals surface area contributed by atoms with Crippen molar-refractivity contribution in [1.82, 2.24) is 0 Å². The van der Waals surface area contributed by atoms with Gasteiger partial charge in [0.25, 0.3) is 0 Å². The first-order valence-corrected chi connectivity index (χ1v) is 6.05. The molecule has 1 aromatic rings. The lowest BCUT2D eigenvalue weighted by Crippen LogP contribution is -2.44. The first-order chi connectivity index (χ1) is 8.91. The van der Waals surface area contributed by atoms with Gasteiger partial charge in [-0.15, -0.1) is 11.6 Å². The summed E-state index contributed by atoms with van der Waals surface area (Å²) in [6, 6.07) is 6.30. The van der Waals surface area contributed by atoms with Crippen molar-refractivity contribution >= 4 is 29.1 Å². The van der Waals surface area contributed by atoms with Gasteiger partial charge in [-0.1, -0.05) is 30.3 Å². The highest BCUT2D eigenvalue weighted by Gasteiger charge is 2.49. The fraction of sp³-hybridized carbons (Fsp3) is 0.214. The number of rotatable bonds is 2. The molecule has 0 spiro atoms. The number of hydrogen-bond acceptors (Lipinski definition) is 3. The minimum atomic E-state index is -1.81. The van der Waals surface area contributed by atoms with Gasteiger partial charge in [0.05, 0.1) is 5.57 Å². The molecule has 0 aliphatic heterocycles. The molecule has 0 aromatic heterocycles. The lowest BCUT2D eigenvalue weighted by atomic mass is 9.77. The molecule has 1 unspecified atom stereocenters. The maximum Gasteiger partial charge on any atom is 0.333 e. The molecular formula is C14H11ClO4. The van der Waals surface area contributed by atoms with E-state index in [1.807, 2.05) is 0 Å². The van der Waals surface area contributed by atoms with Crippen LogP contribution in [-0.4, -0.2) is 27.5 Å². The Morgan fingerprint density at radius 3 is 2.42 bits per heavy atom. The molecule has 1 aromatic carbocycles. The number of carbonyl (C=O) groups excluding carboxylic acids is 2. The highest BCUT2D eigenvalue weighted by atomic mass is 35.5. The third-order valence-electron chi connectivity index (χ3n) is 3.18. The first kappa shape index (κ1) is 13.5. The summed E-state index contributed by atoms with van der Waals surface area (Å²) >= 11 is 6.19. The van der Waals surface area contributed by atoms with Crippen LogP contribution >= 0.6 is 11.6 Å². The van der Waals surface area contributed by atoms with E-state index >= 15 is 0 Å². The number of alkyl halides is 1. The van der Waals surface area contributed by atoms with Gasteiger partial charge in [-0.2, -0.15) is 0 Å². The molecule has 0 radical (unpaired) electrons. The summed E-state index contributed by atoms with van der Waals surface area (Å²) in [7, 11) is 0. The monoisotopic (exact) mass is 278 g/mol. The van der Waals surface area contributed by atoms with Gasteiger partial charge >= 0.3 is 5.97 Å². The van der Waals surface area contributed by atoms with E-state index in [9.17, 15) is 14.4 Å². The minimum Gasteiger partial charge on any atom is -0.478 e. The van der Waals surface area contributed by atoms with Crippen LogP contribution in [0.1, 0.15) is 34.1 Å². The number of benzene rings is 1. The van der Waals surface area contributed by atoms with Crippen LogP contribution in [0.2, 0.25) is 0 Å². The highest BCUT2D eigenvalue weighted by Crippen LogP contribution is 2.39. The van der Waals surface area contributed by atoms with Gasteiger partial charge in [-0.05, 0) is 6.92 Å². The van der Waals surface area contributed by atoms with E-state index in [4.69, 9.17) is 16.7 Å². The number of hydrogen-bond donors (Lipinski definition) is 1. The molecule has 0 saturated carbocycles. The third kappa shape index (κ3) is 1.98. The quantitative estimate of drug-likeness (QED) is 0.666. The molecule has 0 saturated heterocycles. The predicted octanol–water partition coefficient (Wildman–Crippen LogP) is 2.46. The molecule has 2 rings (SSSR count). The Morgan fingerprint density at radius 1 is 1.32 bits per heavy atom. The fourth-order valence-corrected chi connectivity index (χ4v) is 2.69. The molecule has 98 valence electrons. The Labute approximate surface area is 114 Å². The number of carboxylic acid groups (broad SMARTS) is 1. The van der Waals surface area contributed by atoms with Crippen LogP contribution in [-0.2, 0) is 4.79 Å². The standard InChI is InChI=1S/C14H11ClO4/c1-2-10(13(18)19)14(15)7-11(16)8-5-3-4-6-9(8)12(14)17/h2-6H,7H2,1H3,(H,18,19)/b10-2-. The van der Waals surface area contributed by atoms with Crippen LogP contribution in [0.3, 0.4) is 0 Å². The van der Waals surface area contributed by atoms with Crippen molar-refractivity contribution in [1.29, 1.82) is 0 Å². The van der Waals surface area contributed by atoms with E-state index in [1.165, 1.54) is 19.1 Å². The van der Waals surface area contributed by atoms with Crippen LogP contribution in [0.15, 0.2) is 35.9 Å². The van der Waals surface area contributed by atoms with E-state index in [-0.39, 0.29) is 23.3 Å². The lowest BCUT2D eigenvalue weighted by molar-refractivity contribution is -0.133. The van der Waals surface area contributed by atoms with Gasteiger partial charge in [-0.25, -0.2) is 4.79 Å². The van der Waals surface area contributed by atoms with Crippen LogP contribution in [0.25, 0.3) is 0 Å². The Bertz CT molecular complexity index is 618. The molecule has 0 bridgehead atoms. The summed E-state index contributed by atoms with van der Waals surface area (Å²) in [5.74, 6) is -2.16. The van der Waals surface area contributed by atoms with Crippen molar-refractivity contribution in [2.45, 2.75) is 18.2 Å². The van der Waals surface area contributed by atoms with Gasteiger partial charge in [-0.3, -0.25) is 9.59 Å². The van der Waals surface area contributed by atoms with Gasteiger partial charge < -0.3 is 5.11 Å². The number of halogens is 1. The molecule has 5 heteroatoms. The summed E-state index contributed by atoms with van der Waals surface area (Å²) in [5, 5.41) is 9.13. The highest BCUT2D eigenvalue weighted by molar-refractivity contribution is 6.45. The Hall–Kier alpha value is -1.94. The van der Waals surface area contributed by atoms with Crippen molar-refractivity contribution in [3.05, 3.63) is 47.0 Å². The molecule has 0 fully saturated rings. The molecule has 19 heavy (non-hydrogen) atoms. The molecule has 4 nitrogen and oxygen atoms in total. The normalized spacial score (nSPS) is 23.2. The second kappa shape index (κ2) is 4.63. The van der Waals surface area contributed by atoms with E-state index in [0.29, 0.717) is 5.56 Å². The van der Waals surface area contributed by atoms with E-state index in [2.05, 4.69) is 0 Å². The number of carboxylic acids is 1. The molecular weight excluding hydrogens is 268 g/mol. The molecule has 1 aliphatic carbocycles. The molecule has 1 aliphatic rings. The van der Waals surface area contributed by atoms with E-state index in [0.717, 1.165) is 0 Å². The molecule has 0 amide bonds. The van der Waals surface area contributed by atoms with Crippen LogP contribution in [0.5, 0.6) is 0 Å². The Kier molecular flexibility index (Phi) is 3.28.